The van der Waals surface area contributed by atoms with Gasteiger partial charge in [0.15, 0.2) is 6.04 Å². The summed E-state index contributed by atoms with van der Waals surface area (Å²) >= 11 is 0. The van der Waals surface area contributed by atoms with Gasteiger partial charge in [0.25, 0.3) is 0 Å². The lowest BCUT2D eigenvalue weighted by molar-refractivity contribution is -0.700. The normalized spacial score (nSPS) is 13.2. The lowest BCUT2D eigenvalue weighted by Crippen LogP contribution is -2.44. The maximum Gasteiger partial charge on any atom is 0.673 e. The van der Waals surface area contributed by atoms with Crippen LogP contribution < -0.4 is 4.57 Å². The fourth-order valence-electron chi connectivity index (χ4n) is 5.17. The zero-order valence-corrected chi connectivity index (χ0v) is 20.6. The molecule has 1 heterocycles. The molecule has 36 heavy (non-hydrogen) atoms. The average molecular weight is 491 g/mol. The summed E-state index contributed by atoms with van der Waals surface area (Å²) in [5, 5.41) is 0. The molecule has 0 fully saturated rings. The Morgan fingerprint density at radius 2 is 1.31 bits per heavy atom. The fourth-order valence-corrected chi connectivity index (χ4v) is 5.17. The minimum Gasteiger partial charge on any atom is -0.418 e. The molecule has 0 saturated carbocycles. The Balaban J connectivity index is 0.000000556. The molecule has 6 heteroatoms. The molecule has 3 aromatic carbocycles. The lowest BCUT2D eigenvalue weighted by Gasteiger charge is -2.25. The van der Waals surface area contributed by atoms with Crippen LogP contribution in [0.25, 0.3) is 33.6 Å². The number of benzene rings is 3. The highest BCUT2D eigenvalue weighted by atomic mass is 19.5. The number of halogens is 4. The number of aromatic nitrogens is 1. The molecule has 1 aromatic heterocycles. The minimum absolute atomic E-state index is 0.435. The van der Waals surface area contributed by atoms with Crippen molar-refractivity contribution in [3.63, 3.8) is 0 Å². The summed E-state index contributed by atoms with van der Waals surface area (Å²) in [7, 11) is -6.00. The van der Waals surface area contributed by atoms with Crippen molar-refractivity contribution in [2.75, 3.05) is 0 Å². The molecule has 4 aromatic rings. The Morgan fingerprint density at radius 1 is 0.750 bits per heavy atom. The standard InChI is InChI=1S/C30H30N.BF4/c1-3-12-22(2)31-29(25-16-8-5-9-17-25)21-28(23-13-6-4-7-14-23)27-20-19-24-15-10-11-18-26(24)30(27)31;2-1(3,4)5/h4-11,13-18,21-22H,3,12,19-20H2,1-2H3;/q+1;-1. The van der Waals surface area contributed by atoms with E-state index in [1.54, 1.807) is 0 Å². The first kappa shape index (κ1) is 25.7. The zero-order valence-electron chi connectivity index (χ0n) is 20.6. The molecule has 1 atom stereocenters. The van der Waals surface area contributed by atoms with Gasteiger partial charge in [-0.3, -0.25) is 0 Å². The van der Waals surface area contributed by atoms with E-state index in [2.05, 4.69) is 109 Å². The largest absolute Gasteiger partial charge is 0.673 e. The Bertz CT molecular complexity index is 1300. The summed E-state index contributed by atoms with van der Waals surface area (Å²) in [5.74, 6) is 0. The number of aryl methyl sites for hydroxylation is 1. The number of fused-ring (bicyclic) bond motifs is 3. The fraction of sp³-hybridized carbons (Fsp3) is 0.233. The predicted octanol–water partition coefficient (Wildman–Crippen LogP) is 8.73. The van der Waals surface area contributed by atoms with Gasteiger partial charge in [-0.2, -0.15) is 4.57 Å². The summed E-state index contributed by atoms with van der Waals surface area (Å²) in [6.07, 6.45) is 4.55. The van der Waals surface area contributed by atoms with Crippen LogP contribution in [0.5, 0.6) is 0 Å². The number of rotatable bonds is 5. The summed E-state index contributed by atoms with van der Waals surface area (Å²) in [6.45, 7) is 4.67. The molecule has 186 valence electrons. The number of pyridine rings is 1. The second-order valence-corrected chi connectivity index (χ2v) is 9.16. The van der Waals surface area contributed by atoms with Crippen LogP contribution in [0.4, 0.5) is 17.3 Å². The van der Waals surface area contributed by atoms with Crippen molar-refractivity contribution >= 4 is 7.25 Å². The first-order chi connectivity index (χ1) is 17.3. The van der Waals surface area contributed by atoms with Crippen LogP contribution in [0.3, 0.4) is 0 Å². The van der Waals surface area contributed by atoms with Crippen molar-refractivity contribution in [3.8, 4) is 33.6 Å². The molecule has 1 aliphatic carbocycles. The smallest absolute Gasteiger partial charge is 0.418 e. The predicted molar refractivity (Wildman–Crippen MR) is 140 cm³/mol. The quantitative estimate of drug-likeness (QED) is 0.149. The SMILES string of the molecule is CCCC(C)[n+]1c(-c2ccccc2)cc(-c2ccccc2)c2c1-c1ccccc1CC2.F[B-](F)(F)F. The zero-order chi connectivity index (χ0) is 25.7. The van der Waals surface area contributed by atoms with E-state index in [-0.39, 0.29) is 0 Å². The summed E-state index contributed by atoms with van der Waals surface area (Å²) in [4.78, 5) is 0. The van der Waals surface area contributed by atoms with Crippen molar-refractivity contribution in [1.82, 2.24) is 0 Å². The van der Waals surface area contributed by atoms with Gasteiger partial charge in [-0.05, 0) is 61.1 Å². The topological polar surface area (TPSA) is 3.88 Å². The van der Waals surface area contributed by atoms with E-state index in [9.17, 15) is 17.3 Å². The highest BCUT2D eigenvalue weighted by molar-refractivity contribution is 6.50. The molecule has 0 bridgehead atoms. The van der Waals surface area contributed by atoms with Crippen molar-refractivity contribution in [3.05, 3.63) is 102 Å². The van der Waals surface area contributed by atoms with Crippen LogP contribution in [0.15, 0.2) is 91.0 Å². The van der Waals surface area contributed by atoms with Gasteiger partial charge in [0.1, 0.15) is 0 Å². The average Bonchev–Trinajstić information content (AvgIpc) is 2.87. The molecule has 5 rings (SSSR count). The third kappa shape index (κ3) is 5.86. The molecule has 0 N–H and O–H groups in total. The van der Waals surface area contributed by atoms with Gasteiger partial charge in [-0.15, -0.1) is 0 Å². The Labute approximate surface area is 210 Å². The van der Waals surface area contributed by atoms with Crippen molar-refractivity contribution in [2.45, 2.75) is 45.6 Å². The van der Waals surface area contributed by atoms with E-state index in [0.717, 1.165) is 12.8 Å². The van der Waals surface area contributed by atoms with Gasteiger partial charge in [0, 0.05) is 29.2 Å². The van der Waals surface area contributed by atoms with Crippen LogP contribution in [0.1, 0.15) is 43.9 Å². The van der Waals surface area contributed by atoms with Crippen LogP contribution >= 0.6 is 0 Å². The molecular weight excluding hydrogens is 461 g/mol. The van der Waals surface area contributed by atoms with E-state index >= 15 is 0 Å². The van der Waals surface area contributed by atoms with E-state index < -0.39 is 7.25 Å². The van der Waals surface area contributed by atoms with Gasteiger partial charge in [0.2, 0.25) is 11.4 Å². The second-order valence-electron chi connectivity index (χ2n) is 9.16. The van der Waals surface area contributed by atoms with Gasteiger partial charge in [-0.1, -0.05) is 73.7 Å². The summed E-state index contributed by atoms with van der Waals surface area (Å²) < 4.78 is 41.6. The molecule has 1 unspecified atom stereocenters. The summed E-state index contributed by atoms with van der Waals surface area (Å²) in [6, 6.07) is 33.7. The van der Waals surface area contributed by atoms with E-state index in [1.165, 1.54) is 57.6 Å². The highest BCUT2D eigenvalue weighted by Gasteiger charge is 2.34. The van der Waals surface area contributed by atoms with Crippen LogP contribution in [-0.4, -0.2) is 7.25 Å². The van der Waals surface area contributed by atoms with Crippen molar-refractivity contribution < 1.29 is 21.8 Å². The van der Waals surface area contributed by atoms with Gasteiger partial charge in [-0.25, -0.2) is 0 Å². The second kappa shape index (κ2) is 11.1. The lowest BCUT2D eigenvalue weighted by atomic mass is 9.83. The Hall–Kier alpha value is -3.41. The third-order valence-corrected chi connectivity index (χ3v) is 6.61. The third-order valence-electron chi connectivity index (χ3n) is 6.61. The molecule has 1 aliphatic rings. The molecular formula is C30H30BF4N. The summed E-state index contributed by atoms with van der Waals surface area (Å²) in [5.41, 5.74) is 11.1. The first-order valence-corrected chi connectivity index (χ1v) is 12.5. The minimum atomic E-state index is -6.00. The molecule has 0 spiro atoms. The highest BCUT2D eigenvalue weighted by Crippen LogP contribution is 2.40. The Kier molecular flexibility index (Phi) is 7.93. The van der Waals surface area contributed by atoms with Gasteiger partial charge in [0.05, 0.1) is 0 Å². The maximum atomic E-state index is 9.75. The number of hydrogen-bond donors (Lipinski definition) is 0. The van der Waals surface area contributed by atoms with Gasteiger partial charge < -0.3 is 17.3 Å². The van der Waals surface area contributed by atoms with E-state index in [0.29, 0.717) is 6.04 Å². The van der Waals surface area contributed by atoms with Crippen LogP contribution in [0.2, 0.25) is 0 Å². The Morgan fingerprint density at radius 3 is 1.92 bits per heavy atom. The van der Waals surface area contributed by atoms with E-state index in [1.807, 2.05) is 0 Å². The molecule has 1 nitrogen and oxygen atoms in total. The maximum absolute atomic E-state index is 9.75. The molecule has 0 aliphatic heterocycles. The molecule has 0 radical (unpaired) electrons. The van der Waals surface area contributed by atoms with E-state index in [4.69, 9.17) is 0 Å². The first-order valence-electron chi connectivity index (χ1n) is 12.5. The van der Waals surface area contributed by atoms with Gasteiger partial charge >= 0.3 is 7.25 Å². The monoisotopic (exact) mass is 491 g/mol. The number of hydrogen-bond acceptors (Lipinski definition) is 0. The number of nitrogens with zero attached hydrogens (tertiary/aromatic N) is 1. The van der Waals surface area contributed by atoms with Crippen LogP contribution in [0, 0.1) is 0 Å². The molecule has 0 saturated heterocycles. The van der Waals surface area contributed by atoms with Crippen molar-refractivity contribution in [1.29, 1.82) is 0 Å². The molecule has 0 amide bonds. The van der Waals surface area contributed by atoms with Crippen molar-refractivity contribution in [2.24, 2.45) is 0 Å². The van der Waals surface area contributed by atoms with Crippen LogP contribution in [-0.2, 0) is 12.8 Å².